The zero-order valence-corrected chi connectivity index (χ0v) is 12.9. The van der Waals surface area contributed by atoms with E-state index in [0.29, 0.717) is 5.91 Å². The van der Waals surface area contributed by atoms with E-state index in [0.717, 1.165) is 39.0 Å². The largest absolute Gasteiger partial charge is 0.338 e. The summed E-state index contributed by atoms with van der Waals surface area (Å²) in [6.45, 7) is 9.67. The van der Waals surface area contributed by atoms with Gasteiger partial charge in [0.2, 0.25) is 5.91 Å². The van der Waals surface area contributed by atoms with Gasteiger partial charge in [-0.2, -0.15) is 0 Å². The molecule has 0 saturated carbocycles. The first-order valence-corrected chi connectivity index (χ1v) is 7.61. The van der Waals surface area contributed by atoms with Gasteiger partial charge >= 0.3 is 0 Å². The molecule has 0 atom stereocenters. The van der Waals surface area contributed by atoms with Gasteiger partial charge in [0.1, 0.15) is 0 Å². The van der Waals surface area contributed by atoms with Crippen LogP contribution in [0.25, 0.3) is 0 Å². The minimum atomic E-state index is -0.189. The normalized spacial score (nSPS) is 17.8. The number of hydrogen-bond acceptors (Lipinski definition) is 2. The number of piperidine rings is 1. The smallest absolute Gasteiger partial charge is 0.228 e. The molecule has 110 valence electrons. The highest BCUT2D eigenvalue weighted by Gasteiger charge is 2.37. The van der Waals surface area contributed by atoms with Crippen LogP contribution in [0, 0.1) is 12.3 Å². The van der Waals surface area contributed by atoms with E-state index in [4.69, 9.17) is 0 Å². The molecule has 1 aromatic rings. The van der Waals surface area contributed by atoms with Crippen molar-refractivity contribution in [3.8, 4) is 0 Å². The third kappa shape index (κ3) is 3.40. The Kier molecular flexibility index (Phi) is 4.81. The van der Waals surface area contributed by atoms with Crippen LogP contribution in [0.15, 0.2) is 24.3 Å². The van der Waals surface area contributed by atoms with E-state index in [2.05, 4.69) is 50.4 Å². The molecular weight excluding hydrogens is 248 g/mol. The Bertz CT molecular complexity index is 464. The molecule has 1 aliphatic heterocycles. The van der Waals surface area contributed by atoms with Crippen molar-refractivity contribution in [3.05, 3.63) is 35.4 Å². The fraction of sp³-hybridized carbons (Fsp3) is 0.588. The van der Waals surface area contributed by atoms with Crippen molar-refractivity contribution in [1.82, 2.24) is 10.2 Å². The predicted octanol–water partition coefficient (Wildman–Crippen LogP) is 2.73. The maximum Gasteiger partial charge on any atom is 0.228 e. The number of carbonyl (C=O) groups excluding carboxylic acids is 1. The van der Waals surface area contributed by atoms with Crippen molar-refractivity contribution in [2.45, 2.75) is 40.2 Å². The third-order valence-corrected chi connectivity index (χ3v) is 4.35. The number of benzene rings is 1. The van der Waals surface area contributed by atoms with Crippen LogP contribution in [0.1, 0.15) is 37.8 Å². The highest BCUT2D eigenvalue weighted by Crippen LogP contribution is 2.30. The summed E-state index contributed by atoms with van der Waals surface area (Å²) in [5.41, 5.74) is 2.28. The molecule has 20 heavy (non-hydrogen) atoms. The van der Waals surface area contributed by atoms with Crippen molar-refractivity contribution >= 4 is 5.91 Å². The fourth-order valence-electron chi connectivity index (χ4n) is 2.93. The molecule has 1 heterocycles. The SMILES string of the molecule is CCN(Cc1cccc(C)c1)C(=O)C1(C)CCNCC1. The molecule has 0 spiro atoms. The predicted molar refractivity (Wildman–Crippen MR) is 82.5 cm³/mol. The Morgan fingerprint density at radius 3 is 2.65 bits per heavy atom. The second kappa shape index (κ2) is 6.40. The third-order valence-electron chi connectivity index (χ3n) is 4.35. The summed E-state index contributed by atoms with van der Waals surface area (Å²) in [4.78, 5) is 14.8. The highest BCUT2D eigenvalue weighted by molar-refractivity contribution is 5.82. The van der Waals surface area contributed by atoms with E-state index in [9.17, 15) is 4.79 Å². The number of rotatable bonds is 4. The van der Waals surface area contributed by atoms with E-state index < -0.39 is 0 Å². The van der Waals surface area contributed by atoms with E-state index in [1.54, 1.807) is 0 Å². The van der Waals surface area contributed by atoms with E-state index in [-0.39, 0.29) is 5.41 Å². The second-order valence-corrected chi connectivity index (χ2v) is 6.12. The summed E-state index contributed by atoms with van der Waals surface area (Å²) in [7, 11) is 0. The fourth-order valence-corrected chi connectivity index (χ4v) is 2.93. The maximum absolute atomic E-state index is 12.8. The molecule has 0 unspecified atom stereocenters. The van der Waals surface area contributed by atoms with Crippen molar-refractivity contribution < 1.29 is 4.79 Å². The maximum atomic E-state index is 12.8. The second-order valence-electron chi connectivity index (χ2n) is 6.12. The van der Waals surface area contributed by atoms with Crippen LogP contribution >= 0.6 is 0 Å². The van der Waals surface area contributed by atoms with Crippen LogP contribution in [0.2, 0.25) is 0 Å². The summed E-state index contributed by atoms with van der Waals surface area (Å²) in [5.74, 6) is 0.308. The van der Waals surface area contributed by atoms with Gasteiger partial charge in [0.25, 0.3) is 0 Å². The van der Waals surface area contributed by atoms with Crippen LogP contribution in [0.4, 0.5) is 0 Å². The number of aryl methyl sites for hydroxylation is 1. The minimum absolute atomic E-state index is 0.189. The first kappa shape index (κ1) is 15.0. The monoisotopic (exact) mass is 274 g/mol. The molecule has 1 aromatic carbocycles. The van der Waals surface area contributed by atoms with Crippen molar-refractivity contribution in [1.29, 1.82) is 0 Å². The molecule has 3 nitrogen and oxygen atoms in total. The van der Waals surface area contributed by atoms with Gasteiger partial charge in [-0.05, 0) is 45.3 Å². The van der Waals surface area contributed by atoms with Gasteiger partial charge < -0.3 is 10.2 Å². The number of hydrogen-bond donors (Lipinski definition) is 1. The molecular formula is C17H26N2O. The van der Waals surface area contributed by atoms with Gasteiger partial charge in [-0.25, -0.2) is 0 Å². The Morgan fingerprint density at radius 2 is 2.05 bits per heavy atom. The molecule has 1 fully saturated rings. The lowest BCUT2D eigenvalue weighted by Crippen LogP contribution is -2.47. The molecule has 1 amide bonds. The zero-order valence-electron chi connectivity index (χ0n) is 12.9. The summed E-state index contributed by atoms with van der Waals surface area (Å²) in [6.07, 6.45) is 1.88. The quantitative estimate of drug-likeness (QED) is 0.915. The van der Waals surface area contributed by atoms with Crippen molar-refractivity contribution in [2.75, 3.05) is 19.6 Å². The highest BCUT2D eigenvalue weighted by atomic mass is 16.2. The molecule has 0 bridgehead atoms. The Balaban J connectivity index is 2.09. The first-order chi connectivity index (χ1) is 9.55. The van der Waals surface area contributed by atoms with Crippen LogP contribution in [-0.2, 0) is 11.3 Å². The molecule has 0 aromatic heterocycles. The van der Waals surface area contributed by atoms with Gasteiger partial charge in [0.15, 0.2) is 0 Å². The lowest BCUT2D eigenvalue weighted by atomic mass is 9.79. The Hall–Kier alpha value is -1.35. The van der Waals surface area contributed by atoms with Crippen molar-refractivity contribution in [2.24, 2.45) is 5.41 Å². The average molecular weight is 274 g/mol. The van der Waals surface area contributed by atoms with E-state index in [1.807, 2.05) is 4.90 Å². The van der Waals surface area contributed by atoms with Crippen molar-refractivity contribution in [3.63, 3.8) is 0 Å². The van der Waals surface area contributed by atoms with Crippen LogP contribution in [0.3, 0.4) is 0 Å². The van der Waals surface area contributed by atoms with Gasteiger partial charge in [0.05, 0.1) is 0 Å². The van der Waals surface area contributed by atoms with Crippen LogP contribution < -0.4 is 5.32 Å². The number of nitrogens with one attached hydrogen (secondary N) is 1. The number of carbonyl (C=O) groups is 1. The molecule has 1 aliphatic rings. The summed E-state index contributed by atoms with van der Waals surface area (Å²) >= 11 is 0. The average Bonchev–Trinajstić information content (AvgIpc) is 2.45. The zero-order chi connectivity index (χ0) is 14.6. The molecule has 1 saturated heterocycles. The van der Waals surface area contributed by atoms with Gasteiger partial charge in [-0.1, -0.05) is 36.8 Å². The number of nitrogens with zero attached hydrogens (tertiary/aromatic N) is 1. The summed E-state index contributed by atoms with van der Waals surface area (Å²) < 4.78 is 0. The lowest BCUT2D eigenvalue weighted by Gasteiger charge is -2.37. The van der Waals surface area contributed by atoms with Gasteiger partial charge in [-0.3, -0.25) is 4.79 Å². The van der Waals surface area contributed by atoms with E-state index >= 15 is 0 Å². The topological polar surface area (TPSA) is 32.3 Å². The molecule has 2 rings (SSSR count). The van der Waals surface area contributed by atoms with Gasteiger partial charge in [0, 0.05) is 18.5 Å². The lowest BCUT2D eigenvalue weighted by molar-refractivity contribution is -0.143. The summed E-state index contributed by atoms with van der Waals surface area (Å²) in [5, 5.41) is 3.34. The Labute approximate surface area is 122 Å². The minimum Gasteiger partial charge on any atom is -0.338 e. The summed E-state index contributed by atoms with van der Waals surface area (Å²) in [6, 6.07) is 8.43. The van der Waals surface area contributed by atoms with E-state index in [1.165, 1.54) is 11.1 Å². The molecule has 0 aliphatic carbocycles. The Morgan fingerprint density at radius 1 is 1.35 bits per heavy atom. The van der Waals surface area contributed by atoms with Crippen LogP contribution in [-0.4, -0.2) is 30.4 Å². The molecule has 1 N–H and O–H groups in total. The molecule has 0 radical (unpaired) electrons. The molecule has 3 heteroatoms. The van der Waals surface area contributed by atoms with Gasteiger partial charge in [-0.15, -0.1) is 0 Å². The standard InChI is InChI=1S/C17H26N2O/c1-4-19(13-15-7-5-6-14(2)12-15)16(20)17(3)8-10-18-11-9-17/h5-7,12,18H,4,8-11,13H2,1-3H3. The number of amides is 1. The van der Waals surface area contributed by atoms with Crippen LogP contribution in [0.5, 0.6) is 0 Å². The first-order valence-electron chi connectivity index (χ1n) is 7.61.